The first-order valence-corrected chi connectivity index (χ1v) is 12.7. The molecule has 1 heterocycles. The number of ether oxygens (including phenoxy) is 3. The number of alkyl halides is 6. The van der Waals surface area contributed by atoms with E-state index in [1.165, 1.54) is 12.1 Å². The molecule has 3 rings (SSSR count). The molecule has 1 amide bonds. The Labute approximate surface area is 223 Å². The van der Waals surface area contributed by atoms with Crippen molar-refractivity contribution in [1.29, 1.82) is 0 Å². The van der Waals surface area contributed by atoms with Crippen molar-refractivity contribution in [3.05, 3.63) is 42.5 Å². The summed E-state index contributed by atoms with van der Waals surface area (Å²) in [6.45, 7) is 0.757. The molecule has 40 heavy (non-hydrogen) atoms. The molecule has 1 atom stereocenters. The summed E-state index contributed by atoms with van der Waals surface area (Å²) < 4.78 is 119. The molecule has 0 bridgehead atoms. The van der Waals surface area contributed by atoms with Gasteiger partial charge >= 0.3 is 24.6 Å². The van der Waals surface area contributed by atoms with Crippen molar-refractivity contribution in [3.63, 3.8) is 0 Å². The molecule has 0 unspecified atom stereocenters. The van der Waals surface area contributed by atoms with Gasteiger partial charge in [0.1, 0.15) is 17.6 Å². The molecule has 2 aromatic carbocycles. The van der Waals surface area contributed by atoms with Gasteiger partial charge in [0.2, 0.25) is 5.60 Å². The summed E-state index contributed by atoms with van der Waals surface area (Å²) in [6, 6.07) is 6.90. The number of carbonyl (C=O) groups is 2. The fraction of sp³-hybridized carbons (Fsp3) is 0.391. The molecule has 1 aliphatic rings. The molecule has 2 aromatic rings. The first-order chi connectivity index (χ1) is 18.3. The maximum atomic E-state index is 13.6. The topological polar surface area (TPSA) is 131 Å². The summed E-state index contributed by atoms with van der Waals surface area (Å²) in [5.74, 6) is -2.13. The SMILES string of the molecule is CC(C)(OC(=O)Nc1ccc2c(c1)N(S(=O)(=O)c1cccc(OC(F)(F)F)c1)C[C@H](CCC(=O)O)O2)C(F)(F)F. The highest BCUT2D eigenvalue weighted by atomic mass is 32.2. The van der Waals surface area contributed by atoms with E-state index in [4.69, 9.17) is 9.84 Å². The highest BCUT2D eigenvalue weighted by Gasteiger charge is 2.51. The Balaban J connectivity index is 1.98. The number of carbonyl (C=O) groups excluding carboxylic acids is 1. The first kappa shape index (κ1) is 30.6. The molecule has 0 aliphatic carbocycles. The molecule has 0 saturated carbocycles. The molecule has 2 N–H and O–H groups in total. The number of benzene rings is 2. The van der Waals surface area contributed by atoms with Crippen LogP contribution < -0.4 is 19.1 Å². The molecule has 1 aliphatic heterocycles. The average molecular weight is 600 g/mol. The molecular weight excluding hydrogens is 578 g/mol. The predicted molar refractivity (Wildman–Crippen MR) is 126 cm³/mol. The lowest BCUT2D eigenvalue weighted by molar-refractivity contribution is -0.274. The highest BCUT2D eigenvalue weighted by Crippen LogP contribution is 2.40. The van der Waals surface area contributed by atoms with Crippen LogP contribution in [0.15, 0.2) is 47.4 Å². The predicted octanol–water partition coefficient (Wildman–Crippen LogP) is 5.30. The fourth-order valence-electron chi connectivity index (χ4n) is 3.44. The fourth-order valence-corrected chi connectivity index (χ4v) is 4.98. The van der Waals surface area contributed by atoms with Crippen molar-refractivity contribution in [1.82, 2.24) is 0 Å². The third-order valence-corrected chi connectivity index (χ3v) is 7.25. The second-order valence-electron chi connectivity index (χ2n) is 8.94. The third-order valence-electron chi connectivity index (χ3n) is 5.47. The highest BCUT2D eigenvalue weighted by molar-refractivity contribution is 7.92. The number of anilines is 2. The number of halogens is 6. The van der Waals surface area contributed by atoms with Gasteiger partial charge in [-0.1, -0.05) is 6.07 Å². The van der Waals surface area contributed by atoms with Gasteiger partial charge in [0.05, 0.1) is 17.1 Å². The monoisotopic (exact) mass is 600 g/mol. The number of hydrogen-bond acceptors (Lipinski definition) is 7. The van der Waals surface area contributed by atoms with Crippen LogP contribution in [0.25, 0.3) is 0 Å². The number of hydrogen-bond donors (Lipinski definition) is 2. The Morgan fingerprint density at radius 2 is 1.77 bits per heavy atom. The van der Waals surface area contributed by atoms with Gasteiger partial charge in [-0.15, -0.1) is 13.2 Å². The number of sulfonamides is 1. The van der Waals surface area contributed by atoms with Crippen LogP contribution in [-0.4, -0.2) is 56.4 Å². The first-order valence-electron chi connectivity index (χ1n) is 11.3. The minimum Gasteiger partial charge on any atom is -0.486 e. The Kier molecular flexibility index (Phi) is 8.38. The van der Waals surface area contributed by atoms with E-state index in [0.29, 0.717) is 19.9 Å². The lowest BCUT2D eigenvalue weighted by atomic mass is 10.1. The van der Waals surface area contributed by atoms with E-state index in [0.717, 1.165) is 28.6 Å². The summed E-state index contributed by atoms with van der Waals surface area (Å²) >= 11 is 0. The number of carboxylic acids is 1. The van der Waals surface area contributed by atoms with Gasteiger partial charge in [0.25, 0.3) is 10.0 Å². The van der Waals surface area contributed by atoms with E-state index < -0.39 is 69.9 Å². The third kappa shape index (κ3) is 7.40. The quantitative estimate of drug-likeness (QED) is 0.391. The van der Waals surface area contributed by atoms with E-state index in [2.05, 4.69) is 14.8 Å². The molecule has 0 radical (unpaired) electrons. The zero-order valence-corrected chi connectivity index (χ0v) is 21.5. The summed E-state index contributed by atoms with van der Waals surface area (Å²) in [7, 11) is -4.65. The Bertz CT molecular complexity index is 1380. The number of nitrogens with one attached hydrogen (secondary N) is 1. The standard InChI is InChI=1S/C23H22F6N2O8S/c1-21(2,22(24,25)26)39-20(34)30-13-6-8-18-17(10-13)31(12-15(37-18)7-9-19(32)33)40(35,36)16-5-3-4-14(11-16)38-23(27,28)29/h3-6,8,10-11,15H,7,9,12H2,1-2H3,(H,30,34)(H,32,33)/t15-/m0/s1. The van der Waals surface area contributed by atoms with Crippen LogP contribution in [0.3, 0.4) is 0 Å². The van der Waals surface area contributed by atoms with Crippen LogP contribution in [0.4, 0.5) is 42.5 Å². The van der Waals surface area contributed by atoms with Gasteiger partial charge in [-0.3, -0.25) is 14.4 Å². The second-order valence-corrected chi connectivity index (χ2v) is 10.8. The molecular formula is C23H22F6N2O8S. The Morgan fingerprint density at radius 1 is 1.10 bits per heavy atom. The smallest absolute Gasteiger partial charge is 0.486 e. The number of nitrogens with zero attached hydrogens (tertiary/aromatic N) is 1. The summed E-state index contributed by atoms with van der Waals surface area (Å²) in [6.07, 6.45) is -13.0. The van der Waals surface area contributed by atoms with E-state index in [1.807, 2.05) is 0 Å². The molecule has 0 saturated heterocycles. The van der Waals surface area contributed by atoms with Crippen LogP contribution in [0.2, 0.25) is 0 Å². The van der Waals surface area contributed by atoms with E-state index in [-0.39, 0.29) is 23.5 Å². The number of amides is 1. The van der Waals surface area contributed by atoms with Gasteiger partial charge in [-0.05, 0) is 50.6 Å². The van der Waals surface area contributed by atoms with E-state index >= 15 is 0 Å². The van der Waals surface area contributed by atoms with Gasteiger partial charge in [0.15, 0.2) is 0 Å². The van der Waals surface area contributed by atoms with Crippen molar-refractivity contribution in [3.8, 4) is 11.5 Å². The van der Waals surface area contributed by atoms with E-state index in [9.17, 15) is 44.3 Å². The van der Waals surface area contributed by atoms with Gasteiger partial charge in [-0.2, -0.15) is 13.2 Å². The molecule has 0 fully saturated rings. The summed E-state index contributed by atoms with van der Waals surface area (Å²) in [5.41, 5.74) is -3.30. The van der Waals surface area contributed by atoms with Gasteiger partial charge in [-0.25, -0.2) is 13.2 Å². The minimum absolute atomic E-state index is 0.109. The average Bonchev–Trinajstić information content (AvgIpc) is 2.80. The van der Waals surface area contributed by atoms with Gasteiger partial charge < -0.3 is 19.3 Å². The van der Waals surface area contributed by atoms with Crippen LogP contribution in [-0.2, 0) is 19.6 Å². The van der Waals surface area contributed by atoms with Crippen LogP contribution in [0, 0.1) is 0 Å². The number of carboxylic acid groups (broad SMARTS) is 1. The zero-order valence-electron chi connectivity index (χ0n) is 20.7. The maximum absolute atomic E-state index is 13.6. The summed E-state index contributed by atoms with van der Waals surface area (Å²) in [5, 5.41) is 11.1. The molecule has 17 heteroatoms. The molecule has 0 aromatic heterocycles. The lowest BCUT2D eigenvalue weighted by Gasteiger charge is -2.35. The van der Waals surface area contributed by atoms with Crippen molar-refractivity contribution in [2.45, 2.75) is 55.8 Å². The zero-order chi connectivity index (χ0) is 30.1. The molecule has 220 valence electrons. The second kappa shape index (κ2) is 10.9. The van der Waals surface area contributed by atoms with Crippen molar-refractivity contribution < 1.29 is 63.7 Å². The van der Waals surface area contributed by atoms with Crippen molar-refractivity contribution in [2.24, 2.45) is 0 Å². The number of fused-ring (bicyclic) bond motifs is 1. The lowest BCUT2D eigenvalue weighted by Crippen LogP contribution is -2.44. The minimum atomic E-state index is -5.11. The van der Waals surface area contributed by atoms with E-state index in [1.54, 1.807) is 0 Å². The maximum Gasteiger partial charge on any atom is 0.573 e. The van der Waals surface area contributed by atoms with Gasteiger partial charge in [0, 0.05) is 18.2 Å². The van der Waals surface area contributed by atoms with Crippen LogP contribution in [0.1, 0.15) is 26.7 Å². The number of rotatable bonds is 8. The molecule has 10 nitrogen and oxygen atoms in total. The summed E-state index contributed by atoms with van der Waals surface area (Å²) in [4.78, 5) is 22.5. The largest absolute Gasteiger partial charge is 0.573 e. The molecule has 0 spiro atoms. The number of aliphatic carboxylic acids is 1. The van der Waals surface area contributed by atoms with Crippen LogP contribution in [0.5, 0.6) is 11.5 Å². The van der Waals surface area contributed by atoms with Crippen molar-refractivity contribution >= 4 is 33.5 Å². The normalized spacial score (nSPS) is 16.0. The Hall–Kier alpha value is -3.89. The Morgan fingerprint density at radius 3 is 2.38 bits per heavy atom. The van der Waals surface area contributed by atoms with Crippen molar-refractivity contribution in [2.75, 3.05) is 16.2 Å². The van der Waals surface area contributed by atoms with Crippen LogP contribution >= 0.6 is 0 Å².